The quantitative estimate of drug-likeness (QED) is 0.0475. The molecule has 0 aromatic rings. The first-order chi connectivity index (χ1) is 28.1. The fraction of sp³-hybridized carbons (Fsp3) is 0.865. The van der Waals surface area contributed by atoms with Crippen LogP contribution in [0.5, 0.6) is 0 Å². The van der Waals surface area contributed by atoms with Crippen LogP contribution in [-0.4, -0.2) is 218 Å². The maximum absolute atomic E-state index is 12.2. The molecule has 1 aliphatic rings. The maximum Gasteiger partial charge on any atom is 0.242 e. The highest BCUT2D eigenvalue weighted by Crippen LogP contribution is 2.25. The third-order valence-electron chi connectivity index (χ3n) is 7.36. The third kappa shape index (κ3) is 34.4. The molecule has 57 heavy (non-hydrogen) atoms. The summed E-state index contributed by atoms with van der Waals surface area (Å²) in [7, 11) is 0. The Kier molecular flexibility index (Phi) is 38.9. The number of hydrogen-bond donors (Lipinski definition) is 1. The van der Waals surface area contributed by atoms with Gasteiger partial charge < -0.3 is 71.7 Å². The Bertz CT molecular complexity index is 987. The lowest BCUT2D eigenvalue weighted by Crippen LogP contribution is -2.32. The van der Waals surface area contributed by atoms with Crippen LogP contribution in [0.3, 0.4) is 0 Å². The second kappa shape index (κ2) is 42.0. The van der Waals surface area contributed by atoms with Crippen molar-refractivity contribution in [1.29, 1.82) is 0 Å². The summed E-state index contributed by atoms with van der Waals surface area (Å²) in [5.74, 6) is -0.297. The predicted octanol–water partition coefficient (Wildman–Crippen LogP) is -0.269. The number of likely N-dealkylation sites (tertiary alicyclic amines) is 1. The highest BCUT2D eigenvalue weighted by Gasteiger charge is 2.38. The van der Waals surface area contributed by atoms with Gasteiger partial charge in [0.1, 0.15) is 12.6 Å². The molecule has 0 radical (unpaired) electrons. The van der Waals surface area contributed by atoms with Gasteiger partial charge >= 0.3 is 0 Å². The van der Waals surface area contributed by atoms with E-state index in [0.29, 0.717) is 184 Å². The zero-order valence-corrected chi connectivity index (χ0v) is 34.3. The minimum atomic E-state index is -0.492. The van der Waals surface area contributed by atoms with Gasteiger partial charge in [-0.3, -0.25) is 19.3 Å². The molecule has 1 atom stereocenters. The van der Waals surface area contributed by atoms with E-state index >= 15 is 0 Å². The number of imide groups is 1. The molecule has 0 aromatic heterocycles. The number of carbonyl (C=O) groups excluding carboxylic acids is 5. The fourth-order valence-electron chi connectivity index (χ4n) is 4.50. The van der Waals surface area contributed by atoms with Crippen molar-refractivity contribution in [3.8, 4) is 0 Å². The molecule has 0 bridgehead atoms. The summed E-state index contributed by atoms with van der Waals surface area (Å²) in [6.45, 7) is 11.4. The molecule has 1 saturated heterocycles. The Morgan fingerprint density at radius 3 is 1.21 bits per heavy atom. The minimum Gasteiger partial charge on any atom is -0.379 e. The number of rotatable bonds is 46. The highest BCUT2D eigenvalue weighted by atomic mass is 32.2. The van der Waals surface area contributed by atoms with Crippen LogP contribution < -0.4 is 5.32 Å². The molecule has 0 spiro atoms. The van der Waals surface area contributed by atoms with E-state index in [4.69, 9.17) is 56.8 Å². The third-order valence-corrected chi connectivity index (χ3v) is 8.57. The number of nitrogens with zero attached hydrogens (tertiary/aromatic N) is 1. The molecule has 1 rings (SSSR count). The molecule has 1 N–H and O–H groups in total. The van der Waals surface area contributed by atoms with Crippen molar-refractivity contribution in [3.05, 3.63) is 0 Å². The number of ether oxygens (including phenoxy) is 12. The van der Waals surface area contributed by atoms with Gasteiger partial charge in [-0.2, -0.15) is 0 Å². The summed E-state index contributed by atoms with van der Waals surface area (Å²) in [6.07, 6.45) is 2.37. The Morgan fingerprint density at radius 1 is 0.526 bits per heavy atom. The number of hydrogen-bond acceptors (Lipinski definition) is 18. The Morgan fingerprint density at radius 2 is 0.860 bits per heavy atom. The second-order valence-electron chi connectivity index (χ2n) is 11.8. The minimum absolute atomic E-state index is 0.105. The monoisotopic (exact) mass is 842 g/mol. The lowest BCUT2D eigenvalue weighted by atomic mass is 10.3. The van der Waals surface area contributed by atoms with Crippen LogP contribution in [0, 0.1) is 0 Å². The van der Waals surface area contributed by atoms with E-state index < -0.39 is 5.25 Å². The number of carbonyl (C=O) groups is 5. The van der Waals surface area contributed by atoms with Gasteiger partial charge in [-0.25, -0.2) is 0 Å². The van der Waals surface area contributed by atoms with Crippen LogP contribution >= 0.6 is 11.8 Å². The van der Waals surface area contributed by atoms with Gasteiger partial charge in [0.05, 0.1) is 164 Å². The second-order valence-corrected chi connectivity index (χ2v) is 13.1. The molecule has 1 heterocycles. The Labute approximate surface area is 340 Å². The molecular weight excluding hydrogens is 776 g/mol. The van der Waals surface area contributed by atoms with Crippen LogP contribution in [0.15, 0.2) is 0 Å². The van der Waals surface area contributed by atoms with E-state index in [9.17, 15) is 24.0 Å². The number of nitrogens with one attached hydrogen (secondary N) is 1. The van der Waals surface area contributed by atoms with Crippen molar-refractivity contribution in [2.45, 2.75) is 30.9 Å². The van der Waals surface area contributed by atoms with Crippen LogP contribution in [0.1, 0.15) is 25.7 Å². The molecule has 19 nitrogen and oxygen atoms in total. The smallest absolute Gasteiger partial charge is 0.242 e. The SMILES string of the molecule is O=CCCOCCOCCOCCOCCOCCOCCOCCOCCOCCOCCOCCOCCNC(=O)CCSC1CC(=O)N(CCC=O)C1=O. The van der Waals surface area contributed by atoms with Gasteiger partial charge in [-0.15, -0.1) is 11.8 Å². The summed E-state index contributed by atoms with van der Waals surface area (Å²) >= 11 is 1.29. The average molecular weight is 843 g/mol. The van der Waals surface area contributed by atoms with Gasteiger partial charge in [0.15, 0.2) is 0 Å². The van der Waals surface area contributed by atoms with E-state index in [1.165, 1.54) is 11.8 Å². The van der Waals surface area contributed by atoms with E-state index in [2.05, 4.69) is 5.32 Å². The predicted molar refractivity (Wildman–Crippen MR) is 206 cm³/mol. The molecule has 1 unspecified atom stereocenters. The first-order valence-electron chi connectivity index (χ1n) is 19.6. The van der Waals surface area contributed by atoms with E-state index in [-0.39, 0.29) is 43.5 Å². The summed E-state index contributed by atoms with van der Waals surface area (Å²) in [5, 5.41) is 2.27. The molecular formula is C37H66N2O17S. The molecule has 0 aromatic carbocycles. The van der Waals surface area contributed by atoms with Crippen LogP contribution in [0.4, 0.5) is 0 Å². The highest BCUT2D eigenvalue weighted by molar-refractivity contribution is 8.00. The van der Waals surface area contributed by atoms with Crippen LogP contribution in [-0.2, 0) is 80.8 Å². The normalized spacial score (nSPS) is 14.2. The van der Waals surface area contributed by atoms with Gasteiger partial charge in [0.2, 0.25) is 17.7 Å². The Hall–Kier alpha value is -2.18. The molecule has 0 aliphatic carbocycles. The summed E-state index contributed by atoms with van der Waals surface area (Å²) < 4.78 is 65.1. The van der Waals surface area contributed by atoms with E-state index in [0.717, 1.165) is 11.2 Å². The van der Waals surface area contributed by atoms with Gasteiger partial charge in [-0.05, 0) is 0 Å². The van der Waals surface area contributed by atoms with Gasteiger partial charge in [-0.1, -0.05) is 0 Å². The summed E-state index contributed by atoms with van der Waals surface area (Å²) in [4.78, 5) is 58.0. The van der Waals surface area contributed by atoms with Gasteiger partial charge in [0, 0.05) is 44.5 Å². The van der Waals surface area contributed by atoms with Crippen molar-refractivity contribution in [2.24, 2.45) is 0 Å². The van der Waals surface area contributed by atoms with Crippen LogP contribution in [0.2, 0.25) is 0 Å². The van der Waals surface area contributed by atoms with Gasteiger partial charge in [0.25, 0.3) is 0 Å². The van der Waals surface area contributed by atoms with Crippen molar-refractivity contribution in [1.82, 2.24) is 10.2 Å². The first kappa shape index (κ1) is 52.8. The number of thioether (sulfide) groups is 1. The van der Waals surface area contributed by atoms with Crippen molar-refractivity contribution in [3.63, 3.8) is 0 Å². The lowest BCUT2D eigenvalue weighted by Gasteiger charge is -2.13. The number of amides is 3. The van der Waals surface area contributed by atoms with Crippen molar-refractivity contribution >= 4 is 42.1 Å². The molecule has 20 heteroatoms. The molecule has 0 saturated carbocycles. The standard InChI is InChI=1S/C37H66N2O17S/c40-6-1-5-39-36(43)33-34(37(39)44)57-32-3-35(42)38-4-9-46-11-13-48-15-17-50-19-21-52-23-25-54-27-29-56-31-30-55-28-26-53-24-22-51-20-18-49-16-14-47-12-10-45-8-2-7-41/h6-7,34H,1-5,8-33H2,(H,38,42). The first-order valence-corrected chi connectivity index (χ1v) is 20.7. The zero-order chi connectivity index (χ0) is 41.1. The molecule has 1 aliphatic heterocycles. The summed E-state index contributed by atoms with van der Waals surface area (Å²) in [6, 6.07) is 0. The zero-order valence-electron chi connectivity index (χ0n) is 33.4. The van der Waals surface area contributed by atoms with E-state index in [1.807, 2.05) is 0 Å². The maximum atomic E-state index is 12.2. The van der Waals surface area contributed by atoms with Crippen LogP contribution in [0.25, 0.3) is 0 Å². The largest absolute Gasteiger partial charge is 0.379 e. The molecule has 332 valence electrons. The Balaban J connectivity index is 1.67. The topological polar surface area (TPSA) is 211 Å². The number of aldehydes is 2. The average Bonchev–Trinajstić information content (AvgIpc) is 3.48. The van der Waals surface area contributed by atoms with Crippen molar-refractivity contribution < 1.29 is 80.8 Å². The fourth-order valence-corrected chi connectivity index (χ4v) is 5.62. The molecule has 1 fully saturated rings. The summed E-state index contributed by atoms with van der Waals surface area (Å²) in [5.41, 5.74) is 0. The lowest BCUT2D eigenvalue weighted by molar-refractivity contribution is -0.138. The molecule has 3 amide bonds. The van der Waals surface area contributed by atoms with E-state index in [1.54, 1.807) is 0 Å². The van der Waals surface area contributed by atoms with Crippen molar-refractivity contribution in [2.75, 3.05) is 177 Å².